The lowest BCUT2D eigenvalue weighted by atomic mass is 9.96. The molecule has 0 amide bonds. The number of nitrogens with zero attached hydrogens (tertiary/aromatic N) is 4. The average Bonchev–Trinajstić information content (AvgIpc) is 3.43. The molecule has 8 heteroatoms. The Labute approximate surface area is 208 Å². The van der Waals surface area contributed by atoms with Gasteiger partial charge in [-0.2, -0.15) is 0 Å². The predicted molar refractivity (Wildman–Crippen MR) is 140 cm³/mol. The van der Waals surface area contributed by atoms with Gasteiger partial charge in [0.15, 0.2) is 5.16 Å². The molecule has 1 aliphatic heterocycles. The number of thiophene rings is 1. The van der Waals surface area contributed by atoms with Gasteiger partial charge in [-0.1, -0.05) is 82.1 Å². The molecular formula is C26H32N4O2S2. The molecule has 0 radical (unpaired) electrons. The van der Waals surface area contributed by atoms with Crippen molar-refractivity contribution in [2.24, 2.45) is 5.92 Å². The minimum atomic E-state index is 0.0279. The van der Waals surface area contributed by atoms with Crippen molar-refractivity contribution in [1.29, 1.82) is 0 Å². The van der Waals surface area contributed by atoms with Crippen molar-refractivity contribution in [3.63, 3.8) is 0 Å². The Morgan fingerprint density at radius 3 is 2.76 bits per heavy atom. The highest BCUT2D eigenvalue weighted by Crippen LogP contribution is 2.37. The lowest BCUT2D eigenvalue weighted by molar-refractivity contribution is 0.00200. The van der Waals surface area contributed by atoms with E-state index in [4.69, 9.17) is 4.74 Å². The van der Waals surface area contributed by atoms with Gasteiger partial charge in [0, 0.05) is 17.1 Å². The normalized spacial score (nSPS) is 16.1. The number of hydrogen-bond acceptors (Lipinski definition) is 6. The molecular weight excluding hydrogens is 464 g/mol. The fraction of sp³-hybridized carbons (Fsp3) is 0.500. The fourth-order valence-corrected chi connectivity index (χ4v) is 6.84. The standard InChI is InChI=1S/C26H32N4O2S2/c1-4-5-6-10-13-33-26-28-27-25-29(15-18-11-8-7-9-12-18)23(31)22-19-14-20(17(2)3)32-16-21(19)34-24(22)30(25)26/h7-9,11-12,17,20H,4-6,10,13-16H2,1-3H3. The summed E-state index contributed by atoms with van der Waals surface area (Å²) in [5.41, 5.74) is 2.27. The number of hydrogen-bond donors (Lipinski definition) is 0. The summed E-state index contributed by atoms with van der Waals surface area (Å²) in [5, 5.41) is 10.8. The number of unbranched alkanes of at least 4 members (excludes halogenated alkanes) is 3. The van der Waals surface area contributed by atoms with Gasteiger partial charge in [0.05, 0.1) is 24.6 Å². The Morgan fingerprint density at radius 2 is 2.00 bits per heavy atom. The molecule has 4 heterocycles. The van der Waals surface area contributed by atoms with Gasteiger partial charge in [0.2, 0.25) is 5.78 Å². The molecule has 4 aromatic rings. The Morgan fingerprint density at radius 1 is 1.18 bits per heavy atom. The number of rotatable bonds is 9. The molecule has 1 atom stereocenters. The summed E-state index contributed by atoms with van der Waals surface area (Å²) < 4.78 is 10.1. The van der Waals surface area contributed by atoms with Crippen LogP contribution in [0.15, 0.2) is 40.3 Å². The quantitative estimate of drug-likeness (QED) is 0.212. The molecule has 1 unspecified atom stereocenters. The second kappa shape index (κ2) is 10.2. The van der Waals surface area contributed by atoms with E-state index in [1.165, 1.54) is 19.3 Å². The lowest BCUT2D eigenvalue weighted by Gasteiger charge is -2.26. The summed E-state index contributed by atoms with van der Waals surface area (Å²) in [6, 6.07) is 10.1. The largest absolute Gasteiger partial charge is 0.372 e. The molecule has 0 aliphatic carbocycles. The monoisotopic (exact) mass is 496 g/mol. The third-order valence-corrected chi connectivity index (χ3v) is 8.79. The topological polar surface area (TPSA) is 61.4 Å². The van der Waals surface area contributed by atoms with Crippen molar-refractivity contribution in [2.45, 2.75) is 77.3 Å². The number of aromatic nitrogens is 4. The van der Waals surface area contributed by atoms with E-state index in [0.29, 0.717) is 24.8 Å². The zero-order valence-electron chi connectivity index (χ0n) is 20.1. The first kappa shape index (κ1) is 23.6. The van der Waals surface area contributed by atoms with Crippen LogP contribution in [-0.2, 0) is 24.3 Å². The van der Waals surface area contributed by atoms with Gasteiger partial charge < -0.3 is 4.74 Å². The number of thioether (sulfide) groups is 1. The van der Waals surface area contributed by atoms with E-state index in [2.05, 4.69) is 47.5 Å². The SMILES string of the molecule is CCCCCCSc1nnc2n(Cc3ccccc3)c(=O)c3c4c(sc3n12)COC(C(C)C)C4. The summed E-state index contributed by atoms with van der Waals surface area (Å²) in [6.45, 7) is 7.65. The van der Waals surface area contributed by atoms with Crippen LogP contribution in [0.4, 0.5) is 0 Å². The molecule has 34 heavy (non-hydrogen) atoms. The second-order valence-electron chi connectivity index (χ2n) is 9.39. The van der Waals surface area contributed by atoms with Gasteiger partial charge in [-0.05, 0) is 23.5 Å². The maximum absolute atomic E-state index is 13.9. The van der Waals surface area contributed by atoms with Crippen LogP contribution in [0.25, 0.3) is 16.0 Å². The smallest absolute Gasteiger partial charge is 0.264 e. The van der Waals surface area contributed by atoms with E-state index >= 15 is 0 Å². The minimum absolute atomic E-state index is 0.0279. The summed E-state index contributed by atoms with van der Waals surface area (Å²) in [4.78, 5) is 16.1. The van der Waals surface area contributed by atoms with Crippen LogP contribution < -0.4 is 5.56 Å². The van der Waals surface area contributed by atoms with Crippen molar-refractivity contribution < 1.29 is 4.74 Å². The van der Waals surface area contributed by atoms with Crippen molar-refractivity contribution in [3.8, 4) is 0 Å². The number of benzene rings is 1. The summed E-state index contributed by atoms with van der Waals surface area (Å²) >= 11 is 3.41. The van der Waals surface area contributed by atoms with Crippen molar-refractivity contribution in [3.05, 3.63) is 56.7 Å². The van der Waals surface area contributed by atoms with Crippen LogP contribution in [0.2, 0.25) is 0 Å². The van der Waals surface area contributed by atoms with E-state index in [1.807, 2.05) is 18.2 Å². The van der Waals surface area contributed by atoms with Crippen LogP contribution in [0.1, 0.15) is 62.5 Å². The van der Waals surface area contributed by atoms with Crippen LogP contribution in [-0.4, -0.2) is 31.0 Å². The molecule has 0 saturated heterocycles. The molecule has 0 saturated carbocycles. The first-order valence-corrected chi connectivity index (χ1v) is 14.1. The lowest BCUT2D eigenvalue weighted by Crippen LogP contribution is -2.28. The molecule has 1 aliphatic rings. The van der Waals surface area contributed by atoms with Crippen LogP contribution in [0.3, 0.4) is 0 Å². The summed E-state index contributed by atoms with van der Waals surface area (Å²) in [7, 11) is 0. The maximum atomic E-state index is 13.9. The Hall–Kier alpha value is -2.16. The summed E-state index contributed by atoms with van der Waals surface area (Å²) in [5.74, 6) is 2.03. The molecule has 180 valence electrons. The summed E-state index contributed by atoms with van der Waals surface area (Å²) in [6.07, 6.45) is 5.79. The van der Waals surface area contributed by atoms with E-state index in [0.717, 1.165) is 50.0 Å². The van der Waals surface area contributed by atoms with E-state index in [9.17, 15) is 4.79 Å². The highest BCUT2D eigenvalue weighted by molar-refractivity contribution is 7.99. The first-order valence-electron chi connectivity index (χ1n) is 12.3. The average molecular weight is 497 g/mol. The van der Waals surface area contributed by atoms with Gasteiger partial charge in [-0.25, -0.2) is 4.40 Å². The van der Waals surface area contributed by atoms with Gasteiger partial charge in [0.25, 0.3) is 5.56 Å². The zero-order valence-corrected chi connectivity index (χ0v) is 21.8. The van der Waals surface area contributed by atoms with Gasteiger partial charge >= 0.3 is 0 Å². The molecule has 5 rings (SSSR count). The third-order valence-electron chi connectivity index (χ3n) is 6.58. The second-order valence-corrected chi connectivity index (χ2v) is 11.5. The van der Waals surface area contributed by atoms with Crippen LogP contribution >= 0.6 is 23.1 Å². The van der Waals surface area contributed by atoms with Crippen LogP contribution in [0.5, 0.6) is 0 Å². The van der Waals surface area contributed by atoms with E-state index < -0.39 is 0 Å². The van der Waals surface area contributed by atoms with Gasteiger partial charge in [-0.15, -0.1) is 21.5 Å². The highest BCUT2D eigenvalue weighted by atomic mass is 32.2. The van der Waals surface area contributed by atoms with E-state index in [-0.39, 0.29) is 11.7 Å². The predicted octanol–water partition coefficient (Wildman–Crippen LogP) is 5.92. The van der Waals surface area contributed by atoms with Crippen molar-refractivity contribution in [1.82, 2.24) is 19.2 Å². The Kier molecular flexibility index (Phi) is 7.09. The minimum Gasteiger partial charge on any atom is -0.372 e. The van der Waals surface area contributed by atoms with Gasteiger partial charge in [0.1, 0.15) is 4.83 Å². The maximum Gasteiger partial charge on any atom is 0.264 e. The molecule has 0 spiro atoms. The van der Waals surface area contributed by atoms with Gasteiger partial charge in [-0.3, -0.25) is 9.36 Å². The van der Waals surface area contributed by atoms with Crippen molar-refractivity contribution >= 4 is 39.1 Å². The highest BCUT2D eigenvalue weighted by Gasteiger charge is 2.29. The molecule has 0 bridgehead atoms. The Balaban J connectivity index is 1.65. The molecule has 6 nitrogen and oxygen atoms in total. The molecule has 0 N–H and O–H groups in total. The fourth-order valence-electron chi connectivity index (χ4n) is 4.61. The molecule has 0 fully saturated rings. The number of ether oxygens (including phenoxy) is 1. The molecule has 1 aromatic carbocycles. The zero-order chi connectivity index (χ0) is 23.7. The van der Waals surface area contributed by atoms with E-state index in [1.54, 1.807) is 27.7 Å². The third kappa shape index (κ3) is 4.43. The molecule has 3 aromatic heterocycles. The van der Waals surface area contributed by atoms with Crippen LogP contribution in [0, 0.1) is 5.92 Å². The van der Waals surface area contributed by atoms with Crippen molar-refractivity contribution in [2.75, 3.05) is 5.75 Å². The first-order chi connectivity index (χ1) is 16.6. The number of fused-ring (bicyclic) bond motifs is 5. The Bertz CT molecular complexity index is 1340.